The SMILES string of the molecule is CCNC(=NCCc1cc(Cl)c2c(c1)OCCO2)NCCn1cnnc1CC. The zero-order valence-corrected chi connectivity index (χ0v) is 17.1. The van der Waals surface area contributed by atoms with Crippen LogP contribution in [0.5, 0.6) is 11.5 Å². The molecule has 0 saturated heterocycles. The summed E-state index contributed by atoms with van der Waals surface area (Å²) < 4.78 is 13.2. The Kier molecular flexibility index (Phi) is 7.36. The summed E-state index contributed by atoms with van der Waals surface area (Å²) in [5, 5.41) is 15.3. The lowest BCUT2D eigenvalue weighted by atomic mass is 10.1. The predicted molar refractivity (Wildman–Crippen MR) is 110 cm³/mol. The molecule has 28 heavy (non-hydrogen) atoms. The van der Waals surface area contributed by atoms with Crippen LogP contribution in [-0.4, -0.2) is 53.6 Å². The fraction of sp³-hybridized carbons (Fsp3) is 0.526. The molecule has 1 aromatic heterocycles. The molecule has 8 nitrogen and oxygen atoms in total. The van der Waals surface area contributed by atoms with Crippen molar-refractivity contribution in [2.45, 2.75) is 33.2 Å². The van der Waals surface area contributed by atoms with Gasteiger partial charge in [0.2, 0.25) is 0 Å². The van der Waals surface area contributed by atoms with Crippen molar-refractivity contribution in [2.24, 2.45) is 4.99 Å². The van der Waals surface area contributed by atoms with E-state index in [9.17, 15) is 0 Å². The van der Waals surface area contributed by atoms with E-state index in [1.54, 1.807) is 6.33 Å². The Morgan fingerprint density at radius 2 is 2.11 bits per heavy atom. The van der Waals surface area contributed by atoms with E-state index in [0.717, 1.165) is 49.8 Å². The van der Waals surface area contributed by atoms with Gasteiger partial charge in [-0.2, -0.15) is 0 Å². The summed E-state index contributed by atoms with van der Waals surface area (Å²) in [6.07, 6.45) is 3.39. The van der Waals surface area contributed by atoms with Crippen molar-refractivity contribution in [3.63, 3.8) is 0 Å². The molecule has 9 heteroatoms. The van der Waals surface area contributed by atoms with E-state index >= 15 is 0 Å². The van der Waals surface area contributed by atoms with E-state index in [1.807, 2.05) is 23.6 Å². The number of benzene rings is 1. The Morgan fingerprint density at radius 3 is 2.93 bits per heavy atom. The number of aliphatic imine (C=N–C) groups is 1. The van der Waals surface area contributed by atoms with Gasteiger partial charge in [-0.25, -0.2) is 0 Å². The largest absolute Gasteiger partial charge is 0.486 e. The van der Waals surface area contributed by atoms with Crippen LogP contribution in [0.25, 0.3) is 0 Å². The first-order valence-corrected chi connectivity index (χ1v) is 10.1. The van der Waals surface area contributed by atoms with Gasteiger partial charge in [-0.1, -0.05) is 18.5 Å². The number of hydrogen-bond donors (Lipinski definition) is 2. The third-order valence-electron chi connectivity index (χ3n) is 4.33. The van der Waals surface area contributed by atoms with Crippen LogP contribution in [-0.2, 0) is 19.4 Å². The number of rotatable bonds is 8. The molecule has 0 atom stereocenters. The van der Waals surface area contributed by atoms with Crippen molar-refractivity contribution in [3.05, 3.63) is 34.9 Å². The molecule has 0 aliphatic carbocycles. The minimum Gasteiger partial charge on any atom is -0.486 e. The molecule has 0 unspecified atom stereocenters. The number of fused-ring (bicyclic) bond motifs is 1. The van der Waals surface area contributed by atoms with Crippen molar-refractivity contribution in [3.8, 4) is 11.5 Å². The van der Waals surface area contributed by atoms with Crippen molar-refractivity contribution in [1.82, 2.24) is 25.4 Å². The molecule has 1 aliphatic rings. The molecular formula is C19H27ClN6O2. The van der Waals surface area contributed by atoms with E-state index in [-0.39, 0.29) is 0 Å². The van der Waals surface area contributed by atoms with E-state index in [2.05, 4.69) is 32.7 Å². The summed E-state index contributed by atoms with van der Waals surface area (Å²) in [4.78, 5) is 4.65. The second-order valence-electron chi connectivity index (χ2n) is 6.33. The topological polar surface area (TPSA) is 85.6 Å². The second kappa shape index (κ2) is 10.2. The summed E-state index contributed by atoms with van der Waals surface area (Å²) >= 11 is 6.30. The lowest BCUT2D eigenvalue weighted by molar-refractivity contribution is 0.171. The maximum absolute atomic E-state index is 6.30. The molecule has 0 bridgehead atoms. The molecule has 1 aromatic carbocycles. The predicted octanol–water partition coefficient (Wildman–Crippen LogP) is 2.06. The van der Waals surface area contributed by atoms with Crippen LogP contribution < -0.4 is 20.1 Å². The van der Waals surface area contributed by atoms with Gasteiger partial charge in [0.1, 0.15) is 25.4 Å². The standard InChI is InChI=1S/C19H27ClN6O2/c1-3-17-25-24-13-26(17)8-7-23-19(21-4-2)22-6-5-14-11-15(20)18-16(12-14)27-9-10-28-18/h11-13H,3-10H2,1-2H3,(H2,21,22,23). The maximum Gasteiger partial charge on any atom is 0.191 e. The summed E-state index contributed by atoms with van der Waals surface area (Å²) in [5.41, 5.74) is 1.07. The molecule has 2 aromatic rings. The number of nitrogens with one attached hydrogen (secondary N) is 2. The highest BCUT2D eigenvalue weighted by molar-refractivity contribution is 6.32. The van der Waals surface area contributed by atoms with Gasteiger partial charge in [0.05, 0.1) is 5.02 Å². The summed E-state index contributed by atoms with van der Waals surface area (Å²) in [6.45, 7) is 8.17. The van der Waals surface area contributed by atoms with E-state index in [0.29, 0.717) is 36.3 Å². The van der Waals surface area contributed by atoms with Crippen molar-refractivity contribution < 1.29 is 9.47 Å². The number of nitrogens with zero attached hydrogens (tertiary/aromatic N) is 4. The fourth-order valence-electron chi connectivity index (χ4n) is 2.98. The van der Waals surface area contributed by atoms with Crippen molar-refractivity contribution in [1.29, 1.82) is 0 Å². The average molecular weight is 407 g/mol. The number of hydrogen-bond acceptors (Lipinski definition) is 5. The molecule has 0 fully saturated rings. The third kappa shape index (κ3) is 5.28. The summed E-state index contributed by atoms with van der Waals surface area (Å²) in [5.74, 6) is 3.12. The monoisotopic (exact) mass is 406 g/mol. The first-order chi connectivity index (χ1) is 13.7. The highest BCUT2D eigenvalue weighted by atomic mass is 35.5. The molecular weight excluding hydrogens is 380 g/mol. The Balaban J connectivity index is 1.53. The highest BCUT2D eigenvalue weighted by Crippen LogP contribution is 2.38. The van der Waals surface area contributed by atoms with Crippen LogP contribution in [0.1, 0.15) is 25.2 Å². The van der Waals surface area contributed by atoms with Crippen LogP contribution in [0.4, 0.5) is 0 Å². The van der Waals surface area contributed by atoms with Crippen molar-refractivity contribution >= 4 is 17.6 Å². The maximum atomic E-state index is 6.30. The Labute approximate surface area is 170 Å². The first-order valence-electron chi connectivity index (χ1n) is 9.68. The minimum atomic E-state index is 0.531. The van der Waals surface area contributed by atoms with Gasteiger partial charge < -0.3 is 24.7 Å². The molecule has 2 heterocycles. The Bertz CT molecular complexity index is 808. The first kappa shape index (κ1) is 20.3. The van der Waals surface area contributed by atoms with Crippen LogP contribution in [0, 0.1) is 0 Å². The van der Waals surface area contributed by atoms with E-state index in [1.165, 1.54) is 0 Å². The lowest BCUT2D eigenvalue weighted by Crippen LogP contribution is -2.39. The minimum absolute atomic E-state index is 0.531. The lowest BCUT2D eigenvalue weighted by Gasteiger charge is -2.20. The molecule has 0 saturated carbocycles. The number of halogens is 1. The van der Waals surface area contributed by atoms with E-state index < -0.39 is 0 Å². The molecule has 152 valence electrons. The number of guanidine groups is 1. The smallest absolute Gasteiger partial charge is 0.191 e. The Morgan fingerprint density at radius 1 is 1.25 bits per heavy atom. The van der Waals surface area contributed by atoms with Gasteiger partial charge in [0.25, 0.3) is 0 Å². The van der Waals surface area contributed by atoms with Crippen molar-refractivity contribution in [2.75, 3.05) is 32.8 Å². The molecule has 1 aliphatic heterocycles. The zero-order valence-electron chi connectivity index (χ0n) is 16.4. The summed E-state index contributed by atoms with van der Waals surface area (Å²) in [7, 11) is 0. The zero-order chi connectivity index (χ0) is 19.8. The second-order valence-corrected chi connectivity index (χ2v) is 6.74. The highest BCUT2D eigenvalue weighted by Gasteiger charge is 2.16. The third-order valence-corrected chi connectivity index (χ3v) is 4.61. The normalized spacial score (nSPS) is 13.5. The number of aromatic nitrogens is 3. The molecule has 3 rings (SSSR count). The van der Waals surface area contributed by atoms with Crippen LogP contribution in [0.3, 0.4) is 0 Å². The molecule has 0 radical (unpaired) electrons. The summed E-state index contributed by atoms with van der Waals surface area (Å²) in [6, 6.07) is 3.90. The molecule has 0 spiro atoms. The van der Waals surface area contributed by atoms with Gasteiger partial charge in [-0.15, -0.1) is 10.2 Å². The van der Waals surface area contributed by atoms with Crippen LogP contribution in [0.15, 0.2) is 23.5 Å². The number of ether oxygens (including phenoxy) is 2. The van der Waals surface area contributed by atoms with Gasteiger partial charge in [-0.3, -0.25) is 4.99 Å². The van der Waals surface area contributed by atoms with E-state index in [4.69, 9.17) is 21.1 Å². The fourth-order valence-corrected chi connectivity index (χ4v) is 3.27. The van der Waals surface area contributed by atoms with Gasteiger partial charge in [0.15, 0.2) is 17.5 Å². The van der Waals surface area contributed by atoms with Crippen LogP contribution in [0.2, 0.25) is 5.02 Å². The Hall–Kier alpha value is -2.48. The molecule has 2 N–H and O–H groups in total. The molecule has 0 amide bonds. The van der Waals surface area contributed by atoms with Gasteiger partial charge >= 0.3 is 0 Å². The van der Waals surface area contributed by atoms with Gasteiger partial charge in [-0.05, 0) is 31.0 Å². The number of aryl methyl sites for hydroxylation is 1. The van der Waals surface area contributed by atoms with Gasteiger partial charge in [0, 0.05) is 32.6 Å². The average Bonchev–Trinajstić information content (AvgIpc) is 3.15. The quantitative estimate of drug-likeness (QED) is 0.515. The van der Waals surface area contributed by atoms with Crippen LogP contribution >= 0.6 is 11.6 Å².